The predicted molar refractivity (Wildman–Crippen MR) is 121 cm³/mol. The van der Waals surface area contributed by atoms with E-state index in [2.05, 4.69) is 10.6 Å². The van der Waals surface area contributed by atoms with Crippen molar-refractivity contribution in [2.75, 3.05) is 24.7 Å². The Hall–Kier alpha value is -3.16. The number of benzene rings is 3. The zero-order chi connectivity index (χ0) is 21.7. The minimum absolute atomic E-state index is 0.127. The summed E-state index contributed by atoms with van der Waals surface area (Å²) in [5, 5.41) is 5.93. The molecule has 0 fully saturated rings. The van der Waals surface area contributed by atoms with Crippen LogP contribution >= 0.6 is 0 Å². The molecule has 156 valence electrons. The summed E-state index contributed by atoms with van der Waals surface area (Å²) in [6.45, 7) is 1.75. The lowest BCUT2D eigenvalue weighted by Gasteiger charge is -2.17. The van der Waals surface area contributed by atoms with E-state index >= 15 is 0 Å². The number of nitrogens with zero attached hydrogens (tertiary/aromatic N) is 1. The molecular formula is C23H25N3O3S. The van der Waals surface area contributed by atoms with E-state index in [1.165, 1.54) is 26.2 Å². The molecule has 0 aliphatic heterocycles. The van der Waals surface area contributed by atoms with Crippen molar-refractivity contribution in [2.24, 2.45) is 0 Å². The van der Waals surface area contributed by atoms with E-state index in [0.717, 1.165) is 21.1 Å². The van der Waals surface area contributed by atoms with Crippen LogP contribution in [-0.4, -0.2) is 38.8 Å². The van der Waals surface area contributed by atoms with Gasteiger partial charge in [-0.05, 0) is 48.4 Å². The molecule has 2 N–H and O–H groups in total. The van der Waals surface area contributed by atoms with Gasteiger partial charge in [0.2, 0.25) is 15.9 Å². The highest BCUT2D eigenvalue weighted by Gasteiger charge is 2.18. The molecule has 1 atom stereocenters. The predicted octanol–water partition coefficient (Wildman–Crippen LogP) is 4.04. The summed E-state index contributed by atoms with van der Waals surface area (Å²) in [5.41, 5.74) is 3.47. The van der Waals surface area contributed by atoms with Gasteiger partial charge in [0, 0.05) is 25.5 Å². The molecule has 0 heterocycles. The summed E-state index contributed by atoms with van der Waals surface area (Å²) in [5.74, 6) is -0.262. The van der Waals surface area contributed by atoms with Crippen molar-refractivity contribution in [2.45, 2.75) is 17.9 Å². The van der Waals surface area contributed by atoms with Crippen LogP contribution in [0, 0.1) is 0 Å². The number of sulfonamides is 1. The van der Waals surface area contributed by atoms with Crippen LogP contribution in [0.15, 0.2) is 83.8 Å². The van der Waals surface area contributed by atoms with Gasteiger partial charge in [0.25, 0.3) is 0 Å². The van der Waals surface area contributed by atoms with Crippen LogP contribution < -0.4 is 10.6 Å². The first-order chi connectivity index (χ1) is 14.3. The van der Waals surface area contributed by atoms with Crippen molar-refractivity contribution in [3.05, 3.63) is 78.9 Å². The fraction of sp³-hybridized carbons (Fsp3) is 0.174. The Morgan fingerprint density at radius 3 is 2.10 bits per heavy atom. The van der Waals surface area contributed by atoms with Crippen molar-refractivity contribution >= 4 is 27.3 Å². The average molecular weight is 424 g/mol. The Morgan fingerprint density at radius 2 is 1.47 bits per heavy atom. The van der Waals surface area contributed by atoms with Crippen LogP contribution in [0.4, 0.5) is 11.4 Å². The van der Waals surface area contributed by atoms with E-state index in [1.54, 1.807) is 19.1 Å². The monoisotopic (exact) mass is 423 g/mol. The molecule has 0 aliphatic rings. The van der Waals surface area contributed by atoms with Gasteiger partial charge >= 0.3 is 0 Å². The van der Waals surface area contributed by atoms with Gasteiger partial charge in [-0.1, -0.05) is 48.5 Å². The fourth-order valence-corrected chi connectivity index (χ4v) is 3.85. The minimum Gasteiger partial charge on any atom is -0.374 e. The van der Waals surface area contributed by atoms with Crippen LogP contribution in [0.2, 0.25) is 0 Å². The van der Waals surface area contributed by atoms with Gasteiger partial charge in [-0.15, -0.1) is 0 Å². The van der Waals surface area contributed by atoms with Crippen LogP contribution in [-0.2, 0) is 14.8 Å². The molecule has 0 radical (unpaired) electrons. The lowest BCUT2D eigenvalue weighted by atomic mass is 10.1. The quantitative estimate of drug-likeness (QED) is 0.601. The summed E-state index contributed by atoms with van der Waals surface area (Å²) in [6.07, 6.45) is 0. The number of hydrogen-bond donors (Lipinski definition) is 2. The number of amides is 1. The van der Waals surface area contributed by atoms with E-state index in [-0.39, 0.29) is 10.8 Å². The molecule has 7 heteroatoms. The third-order valence-electron chi connectivity index (χ3n) is 4.65. The number of anilines is 2. The zero-order valence-corrected chi connectivity index (χ0v) is 18.0. The normalized spacial score (nSPS) is 12.4. The smallest absolute Gasteiger partial charge is 0.246 e. The molecule has 0 saturated carbocycles. The maximum atomic E-state index is 12.6. The molecule has 3 aromatic rings. The second-order valence-corrected chi connectivity index (χ2v) is 9.27. The van der Waals surface area contributed by atoms with Gasteiger partial charge in [0.15, 0.2) is 0 Å². The highest BCUT2D eigenvalue weighted by molar-refractivity contribution is 7.89. The Morgan fingerprint density at radius 1 is 0.833 bits per heavy atom. The molecular weight excluding hydrogens is 398 g/mol. The molecule has 30 heavy (non-hydrogen) atoms. The minimum atomic E-state index is -3.56. The molecule has 3 aromatic carbocycles. The van der Waals surface area contributed by atoms with Crippen LogP contribution in [0.3, 0.4) is 0 Å². The van der Waals surface area contributed by atoms with Crippen molar-refractivity contribution in [1.82, 2.24) is 4.31 Å². The standard InChI is InChI=1S/C23H25N3O3S/c1-17(24-20-14-12-19(13-15-20)18-8-5-4-6-9-18)23(27)25-21-10-7-11-22(16-21)30(28,29)26(2)3/h4-17,24H,1-3H3,(H,25,27)/t17-/m1/s1. The average Bonchev–Trinajstić information content (AvgIpc) is 2.75. The summed E-state index contributed by atoms with van der Waals surface area (Å²) in [7, 11) is -0.629. The maximum absolute atomic E-state index is 12.6. The molecule has 0 aromatic heterocycles. The maximum Gasteiger partial charge on any atom is 0.246 e. The van der Waals surface area contributed by atoms with Gasteiger partial charge < -0.3 is 10.6 Å². The highest BCUT2D eigenvalue weighted by Crippen LogP contribution is 2.22. The van der Waals surface area contributed by atoms with Crippen molar-refractivity contribution in [1.29, 1.82) is 0 Å². The summed E-state index contributed by atoms with van der Waals surface area (Å²) in [6, 6.07) is 23.6. The molecule has 0 bridgehead atoms. The van der Waals surface area contributed by atoms with E-state index in [0.29, 0.717) is 5.69 Å². The third kappa shape index (κ3) is 5.06. The van der Waals surface area contributed by atoms with E-state index in [4.69, 9.17) is 0 Å². The Balaban J connectivity index is 1.65. The van der Waals surface area contributed by atoms with Gasteiger partial charge in [-0.3, -0.25) is 4.79 Å². The molecule has 0 aliphatic carbocycles. The molecule has 3 rings (SSSR count). The molecule has 1 amide bonds. The van der Waals surface area contributed by atoms with Crippen molar-refractivity contribution in [3.8, 4) is 11.1 Å². The Bertz CT molecular complexity index is 1110. The van der Waals surface area contributed by atoms with Gasteiger partial charge in [0.1, 0.15) is 6.04 Å². The molecule has 0 saturated heterocycles. The van der Waals surface area contributed by atoms with Gasteiger partial charge in [-0.25, -0.2) is 12.7 Å². The molecule has 0 unspecified atom stereocenters. The number of rotatable bonds is 7. The van der Waals surface area contributed by atoms with E-state index in [1.807, 2.05) is 54.6 Å². The second kappa shape index (κ2) is 9.11. The number of carbonyl (C=O) groups is 1. The first-order valence-electron chi connectivity index (χ1n) is 9.53. The van der Waals surface area contributed by atoms with Crippen LogP contribution in [0.1, 0.15) is 6.92 Å². The SMILES string of the molecule is C[C@@H](Nc1ccc(-c2ccccc2)cc1)C(=O)Nc1cccc(S(=O)(=O)N(C)C)c1. The lowest BCUT2D eigenvalue weighted by Crippen LogP contribution is -2.32. The first kappa shape index (κ1) is 21.5. The van der Waals surface area contributed by atoms with E-state index < -0.39 is 16.1 Å². The fourth-order valence-electron chi connectivity index (χ4n) is 2.90. The zero-order valence-electron chi connectivity index (χ0n) is 17.2. The topological polar surface area (TPSA) is 78.5 Å². The summed E-state index contributed by atoms with van der Waals surface area (Å²) < 4.78 is 25.7. The molecule has 6 nitrogen and oxygen atoms in total. The Labute approximate surface area is 177 Å². The van der Waals surface area contributed by atoms with Crippen LogP contribution in [0.5, 0.6) is 0 Å². The van der Waals surface area contributed by atoms with Crippen molar-refractivity contribution < 1.29 is 13.2 Å². The van der Waals surface area contributed by atoms with Crippen molar-refractivity contribution in [3.63, 3.8) is 0 Å². The first-order valence-corrected chi connectivity index (χ1v) is 11.0. The van der Waals surface area contributed by atoms with Gasteiger partial charge in [-0.2, -0.15) is 0 Å². The summed E-state index contributed by atoms with van der Waals surface area (Å²) in [4.78, 5) is 12.7. The van der Waals surface area contributed by atoms with E-state index in [9.17, 15) is 13.2 Å². The second-order valence-electron chi connectivity index (χ2n) is 7.11. The summed E-state index contributed by atoms with van der Waals surface area (Å²) >= 11 is 0. The Kier molecular flexibility index (Phi) is 6.54. The number of hydrogen-bond acceptors (Lipinski definition) is 4. The van der Waals surface area contributed by atoms with Crippen LogP contribution in [0.25, 0.3) is 11.1 Å². The third-order valence-corrected chi connectivity index (χ3v) is 6.46. The number of carbonyl (C=O) groups excluding carboxylic acids is 1. The largest absolute Gasteiger partial charge is 0.374 e. The lowest BCUT2D eigenvalue weighted by molar-refractivity contribution is -0.116. The number of nitrogens with one attached hydrogen (secondary N) is 2. The molecule has 0 spiro atoms. The van der Waals surface area contributed by atoms with Gasteiger partial charge in [0.05, 0.1) is 4.90 Å². The highest BCUT2D eigenvalue weighted by atomic mass is 32.2.